The molecule has 0 bridgehead atoms. The quantitative estimate of drug-likeness (QED) is 0.157. The van der Waals surface area contributed by atoms with Gasteiger partial charge in [-0.2, -0.15) is 0 Å². The molecule has 0 amide bonds. The van der Waals surface area contributed by atoms with Crippen molar-refractivity contribution in [2.24, 2.45) is 0 Å². The molecular weight excluding hydrogens is 791 g/mol. The maximum Gasteiger partial charge on any atom is 0.149 e. The molecule has 0 aliphatic heterocycles. The van der Waals surface area contributed by atoms with E-state index in [1.54, 1.807) is 0 Å². The van der Waals surface area contributed by atoms with Gasteiger partial charge in [0.2, 0.25) is 0 Å². The van der Waals surface area contributed by atoms with Crippen molar-refractivity contribution in [3.05, 3.63) is 179 Å². The lowest BCUT2D eigenvalue weighted by molar-refractivity contribution is 0.446. The minimum Gasteiger partial charge on any atom is -0.507 e. The Hall–Kier alpha value is -6.26. The van der Waals surface area contributed by atoms with Gasteiger partial charge in [0, 0.05) is 22.9 Å². The lowest BCUT2D eigenvalue weighted by Gasteiger charge is -2.29. The molecule has 0 aliphatic carbocycles. The van der Waals surface area contributed by atoms with E-state index < -0.39 is 0 Å². The fraction of sp³-hybridized carbons (Fsp3) is 0.311. The van der Waals surface area contributed by atoms with Crippen LogP contribution in [0.15, 0.2) is 140 Å². The number of phenolic OH excluding ortho intramolecular Hbond substituents is 1. The molecule has 0 atom stereocenters. The highest BCUT2D eigenvalue weighted by atomic mass is 16.3. The van der Waals surface area contributed by atoms with Crippen molar-refractivity contribution < 1.29 is 5.11 Å². The zero-order valence-electron chi connectivity index (χ0n) is 40.9. The molecule has 8 aromatic rings. The number of pyridine rings is 1. The van der Waals surface area contributed by atoms with E-state index in [0.29, 0.717) is 0 Å². The summed E-state index contributed by atoms with van der Waals surface area (Å²) in [4.78, 5) is 10.7. The fourth-order valence-electron chi connectivity index (χ4n) is 9.13. The Morgan fingerprint density at radius 2 is 1.12 bits per heavy atom. The summed E-state index contributed by atoms with van der Waals surface area (Å²) in [5, 5.41) is 12.6. The van der Waals surface area contributed by atoms with Crippen LogP contribution in [0.5, 0.6) is 5.75 Å². The van der Waals surface area contributed by atoms with Crippen LogP contribution in [0, 0.1) is 0 Å². The zero-order valence-corrected chi connectivity index (χ0v) is 40.9. The lowest BCUT2D eigenvalue weighted by Crippen LogP contribution is -2.18. The van der Waals surface area contributed by atoms with Gasteiger partial charge >= 0.3 is 0 Å². The maximum absolute atomic E-state index is 12.6. The number of hydrogen-bond donors (Lipinski definition) is 1. The Labute approximate surface area is 388 Å². The summed E-state index contributed by atoms with van der Waals surface area (Å²) in [6.45, 7) is 29.4. The fourth-order valence-corrected chi connectivity index (χ4v) is 9.13. The molecule has 0 aliphatic rings. The van der Waals surface area contributed by atoms with Crippen LogP contribution in [0.25, 0.3) is 61.6 Å². The smallest absolute Gasteiger partial charge is 0.149 e. The third-order valence-electron chi connectivity index (χ3n) is 12.9. The number of phenols is 1. The number of hydrogen-bond acceptors (Lipinski definition) is 3. The minimum atomic E-state index is -0.315. The third-order valence-corrected chi connectivity index (χ3v) is 12.9. The van der Waals surface area contributed by atoms with Crippen LogP contribution in [0.2, 0.25) is 0 Å². The van der Waals surface area contributed by atoms with Gasteiger partial charge in [0.1, 0.15) is 11.6 Å². The summed E-state index contributed by atoms with van der Waals surface area (Å²) < 4.78 is 2.39. The highest BCUT2D eigenvalue weighted by molar-refractivity contribution is 5.97. The molecule has 0 spiro atoms. The Bertz CT molecular complexity index is 2970. The van der Waals surface area contributed by atoms with Crippen LogP contribution in [-0.4, -0.2) is 19.6 Å². The SMILES string of the molecule is CC(C)c1cc(C(C)(C)C)cc(C(C)C)c1-n1c(-c2cc(C(C)(C)C)cc(C(C)(C)C)c2O)nc2c(-c3cc(Cc4ccccc4)cc(-c4cc(-c5ccccc5)ccn4)c3)cccc21. The minimum absolute atomic E-state index is 0.0440. The van der Waals surface area contributed by atoms with Crippen molar-refractivity contribution >= 4 is 11.0 Å². The molecule has 6 aromatic carbocycles. The van der Waals surface area contributed by atoms with Crippen LogP contribution < -0.4 is 0 Å². The molecule has 4 nitrogen and oxygen atoms in total. The van der Waals surface area contributed by atoms with Gasteiger partial charge in [0.15, 0.2) is 0 Å². The molecule has 0 fully saturated rings. The molecule has 2 aromatic heterocycles. The Morgan fingerprint density at radius 3 is 1.72 bits per heavy atom. The first-order valence-corrected chi connectivity index (χ1v) is 23.5. The summed E-state index contributed by atoms with van der Waals surface area (Å²) >= 11 is 0. The highest BCUT2D eigenvalue weighted by Crippen LogP contribution is 2.47. The first-order chi connectivity index (χ1) is 30.7. The molecule has 0 unspecified atom stereocenters. The van der Waals surface area contributed by atoms with E-state index in [4.69, 9.17) is 9.97 Å². The Balaban J connectivity index is 1.48. The van der Waals surface area contributed by atoms with Crippen molar-refractivity contribution in [3.63, 3.8) is 0 Å². The molecule has 65 heavy (non-hydrogen) atoms. The monoisotopic (exact) mass is 858 g/mol. The number of nitrogens with zero attached hydrogens (tertiary/aromatic N) is 3. The number of para-hydroxylation sites is 1. The van der Waals surface area contributed by atoms with Crippen LogP contribution in [0.4, 0.5) is 0 Å². The molecule has 0 saturated heterocycles. The van der Waals surface area contributed by atoms with E-state index >= 15 is 0 Å². The molecule has 0 saturated carbocycles. The van der Waals surface area contributed by atoms with Gasteiger partial charge in [-0.15, -0.1) is 0 Å². The van der Waals surface area contributed by atoms with Crippen molar-refractivity contribution in [1.82, 2.24) is 14.5 Å². The normalized spacial score (nSPS) is 12.5. The first-order valence-electron chi connectivity index (χ1n) is 23.5. The van der Waals surface area contributed by atoms with Gasteiger partial charge < -0.3 is 5.11 Å². The second-order valence-corrected chi connectivity index (χ2v) is 21.8. The van der Waals surface area contributed by atoms with Gasteiger partial charge in [0.25, 0.3) is 0 Å². The van der Waals surface area contributed by atoms with E-state index in [-0.39, 0.29) is 33.8 Å². The number of aromatic hydroxyl groups is 1. The maximum atomic E-state index is 12.6. The molecule has 8 rings (SSSR count). The van der Waals surface area contributed by atoms with E-state index in [2.05, 4.69) is 228 Å². The van der Waals surface area contributed by atoms with Gasteiger partial charge in [-0.1, -0.05) is 187 Å². The van der Waals surface area contributed by atoms with Gasteiger partial charge in [-0.25, -0.2) is 4.98 Å². The van der Waals surface area contributed by atoms with Gasteiger partial charge in [-0.05, 0) is 121 Å². The highest BCUT2D eigenvalue weighted by Gasteiger charge is 2.31. The summed E-state index contributed by atoms with van der Waals surface area (Å²) in [6.07, 6.45) is 2.69. The van der Waals surface area contributed by atoms with E-state index in [1.807, 2.05) is 6.20 Å². The lowest BCUT2D eigenvalue weighted by atomic mass is 9.78. The Morgan fingerprint density at radius 1 is 0.523 bits per heavy atom. The molecule has 4 heteroatoms. The molecular formula is C61H67N3O. The Kier molecular flexibility index (Phi) is 12.0. The summed E-state index contributed by atoms with van der Waals surface area (Å²) in [5.41, 5.74) is 18.0. The number of imidazole rings is 1. The summed E-state index contributed by atoms with van der Waals surface area (Å²) in [5.74, 6) is 1.46. The van der Waals surface area contributed by atoms with Gasteiger partial charge in [-0.3, -0.25) is 9.55 Å². The third kappa shape index (κ3) is 9.19. The average Bonchev–Trinajstić information content (AvgIpc) is 3.64. The first kappa shape index (κ1) is 45.3. The predicted molar refractivity (Wildman–Crippen MR) is 276 cm³/mol. The van der Waals surface area contributed by atoms with Gasteiger partial charge in [0.05, 0.1) is 28.0 Å². The molecule has 332 valence electrons. The molecule has 2 heterocycles. The van der Waals surface area contributed by atoms with Crippen LogP contribution >= 0.6 is 0 Å². The van der Waals surface area contributed by atoms with E-state index in [1.165, 1.54) is 27.8 Å². The van der Waals surface area contributed by atoms with Crippen molar-refractivity contribution in [2.45, 2.75) is 125 Å². The van der Waals surface area contributed by atoms with Crippen LogP contribution in [0.1, 0.15) is 141 Å². The zero-order chi connectivity index (χ0) is 46.6. The number of rotatable bonds is 9. The second-order valence-electron chi connectivity index (χ2n) is 21.8. The summed E-state index contributed by atoms with van der Waals surface area (Å²) in [6, 6.07) is 48.3. The second kappa shape index (κ2) is 17.3. The topological polar surface area (TPSA) is 50.9 Å². The predicted octanol–water partition coefficient (Wildman–Crippen LogP) is 16.5. The average molecular weight is 858 g/mol. The van der Waals surface area contributed by atoms with E-state index in [0.717, 1.165) is 79.2 Å². The molecule has 0 radical (unpaired) electrons. The molecule has 1 N–H and O–H groups in total. The van der Waals surface area contributed by atoms with Crippen LogP contribution in [-0.2, 0) is 22.7 Å². The van der Waals surface area contributed by atoms with E-state index in [9.17, 15) is 5.11 Å². The van der Waals surface area contributed by atoms with Crippen molar-refractivity contribution in [2.75, 3.05) is 0 Å². The van der Waals surface area contributed by atoms with Crippen LogP contribution in [0.3, 0.4) is 0 Å². The summed E-state index contributed by atoms with van der Waals surface area (Å²) in [7, 11) is 0. The van der Waals surface area contributed by atoms with Crippen molar-refractivity contribution in [3.8, 4) is 56.3 Å². The largest absolute Gasteiger partial charge is 0.507 e. The number of benzene rings is 6. The standard InChI is InChI=1S/C61H67N3O/c1-38(2)49-34-46(59(5,6)7)35-50(39(3)4)56(49)64-54-26-20-25-48(55(54)63-58(64)51-36-47(60(8,9)10)37-52(57(51)65)61(11,12)13)44-30-41(29-40-21-16-14-17-22-40)31-45(32-44)53-33-43(27-28-62-53)42-23-18-15-19-24-42/h14-28,30-39,65H,29H2,1-13H3. The van der Waals surface area contributed by atoms with Crippen molar-refractivity contribution in [1.29, 1.82) is 0 Å². The number of aromatic nitrogens is 3. The number of fused-ring (bicyclic) bond motifs is 1.